The molecule has 1 aliphatic heterocycles. The van der Waals surface area contributed by atoms with E-state index >= 15 is 0 Å². The fourth-order valence-electron chi connectivity index (χ4n) is 8.54. The van der Waals surface area contributed by atoms with Crippen LogP contribution in [-0.4, -0.2) is 9.52 Å². The molecule has 4 aromatic rings. The first kappa shape index (κ1) is 31.1. The first-order valence-electron chi connectivity index (χ1n) is 17.2. The Morgan fingerprint density at radius 2 is 1.13 bits per heavy atom. The average molecular weight is 773 g/mol. The van der Waals surface area contributed by atoms with E-state index in [2.05, 4.69) is 148 Å². The molecular weight excluding hydrogens is 723 g/mol. The third kappa shape index (κ3) is 5.69. The molecule has 1 heterocycles. The van der Waals surface area contributed by atoms with Gasteiger partial charge in [0.05, 0.1) is 0 Å². The molecule has 0 saturated carbocycles. The molecule has 45 heavy (non-hydrogen) atoms. The Balaban J connectivity index is 1.32. The normalized spacial score (nSPS) is 21.1. The second-order valence-corrected chi connectivity index (χ2v) is 36.9. The van der Waals surface area contributed by atoms with E-state index in [1.807, 2.05) is 5.20 Å². The van der Waals surface area contributed by atoms with E-state index in [4.69, 9.17) is 0 Å². The van der Waals surface area contributed by atoms with Crippen LogP contribution < -0.4 is 0 Å². The molecule has 2 aliphatic carbocycles. The van der Waals surface area contributed by atoms with Gasteiger partial charge in [-0.25, -0.2) is 0 Å². The molecule has 0 bridgehead atoms. The van der Waals surface area contributed by atoms with Crippen LogP contribution in [-0.2, 0) is 30.8 Å². The van der Waals surface area contributed by atoms with Gasteiger partial charge in [0, 0.05) is 0 Å². The van der Waals surface area contributed by atoms with Gasteiger partial charge in [-0.1, -0.05) is 0 Å². The third-order valence-corrected chi connectivity index (χ3v) is 28.6. The third-order valence-electron chi connectivity index (χ3n) is 11.0. The van der Waals surface area contributed by atoms with Crippen LogP contribution in [0.5, 0.6) is 0 Å². The summed E-state index contributed by atoms with van der Waals surface area (Å²) in [7, 11) is -0.584. The summed E-state index contributed by atoms with van der Waals surface area (Å²) in [5.41, 5.74) is 15.0. The second-order valence-electron chi connectivity index (χ2n) is 16.8. The van der Waals surface area contributed by atoms with Crippen molar-refractivity contribution < 1.29 is 20.0 Å². The first-order chi connectivity index (χ1) is 21.3. The van der Waals surface area contributed by atoms with Gasteiger partial charge < -0.3 is 0 Å². The molecule has 2 heteroatoms. The van der Waals surface area contributed by atoms with Gasteiger partial charge in [-0.3, -0.25) is 0 Å². The Bertz CT molecular complexity index is 1860. The predicted molar refractivity (Wildman–Crippen MR) is 197 cm³/mol. The van der Waals surface area contributed by atoms with Crippen LogP contribution >= 0.6 is 0 Å². The molecule has 0 radical (unpaired) electrons. The number of fused-ring (bicyclic) bond motifs is 6. The van der Waals surface area contributed by atoms with Crippen molar-refractivity contribution in [1.82, 2.24) is 0 Å². The first-order valence-corrected chi connectivity index (χ1v) is 30.4. The zero-order valence-corrected chi connectivity index (χ0v) is 33.7. The molecule has 0 amide bonds. The van der Waals surface area contributed by atoms with Gasteiger partial charge in [0.2, 0.25) is 0 Å². The van der Waals surface area contributed by atoms with E-state index in [9.17, 15) is 0 Å². The molecule has 2 unspecified atom stereocenters. The van der Waals surface area contributed by atoms with Crippen LogP contribution in [0.3, 0.4) is 0 Å². The van der Waals surface area contributed by atoms with Gasteiger partial charge in [0.1, 0.15) is 0 Å². The summed E-state index contributed by atoms with van der Waals surface area (Å²) in [4.78, 5) is 0. The quantitative estimate of drug-likeness (QED) is 0.178. The maximum atomic E-state index is 2.77. The molecule has 3 aliphatic rings. The summed E-state index contributed by atoms with van der Waals surface area (Å²) < 4.78 is 7.76. The van der Waals surface area contributed by atoms with Crippen LogP contribution in [0.15, 0.2) is 95.3 Å². The van der Waals surface area contributed by atoms with Gasteiger partial charge in [0.15, 0.2) is 0 Å². The summed E-state index contributed by atoms with van der Waals surface area (Å²) in [6, 6.07) is 33.1. The predicted octanol–water partition coefficient (Wildman–Crippen LogP) is 11.8. The van der Waals surface area contributed by atoms with E-state index in [1.54, 1.807) is 16.3 Å². The van der Waals surface area contributed by atoms with Gasteiger partial charge in [-0.05, 0) is 0 Å². The molecule has 0 spiro atoms. The summed E-state index contributed by atoms with van der Waals surface area (Å²) in [6.07, 6.45) is 8.09. The number of hydrogen-bond donors (Lipinski definition) is 0. The standard InChI is InChI=1S/C41H44Si.2CH3.Hf/c1-8-13-36-35-21-12-20-34(28-15-10-18-31(23-28)41(5,6)7)38(35)26-39(36)42-32-24-29-16-11-19-33(37(29)25-32)27-14-9-17-30(22-27)40(2,3)4;;;/h9-12,14-26,36H,1,8,13,42H2,2-7H3;2*1H3;. The Morgan fingerprint density at radius 1 is 0.622 bits per heavy atom. The van der Waals surface area contributed by atoms with Crippen LogP contribution in [0.25, 0.3) is 34.4 Å². The molecule has 0 N–H and O–H groups in total. The van der Waals surface area contributed by atoms with Crippen molar-refractivity contribution in [2.75, 3.05) is 0 Å². The van der Waals surface area contributed by atoms with Gasteiger partial charge in [0.25, 0.3) is 0 Å². The number of rotatable bonds is 2. The van der Waals surface area contributed by atoms with Crippen molar-refractivity contribution in [3.63, 3.8) is 0 Å². The minimum atomic E-state index is -2.61. The van der Waals surface area contributed by atoms with Crippen molar-refractivity contribution in [2.45, 2.75) is 88.3 Å². The molecule has 1 saturated heterocycles. The zero-order chi connectivity index (χ0) is 31.7. The van der Waals surface area contributed by atoms with Crippen LogP contribution in [0.1, 0.15) is 97.4 Å². The number of allylic oxidation sites excluding steroid dienone is 2. The second kappa shape index (κ2) is 11.3. The van der Waals surface area contributed by atoms with E-state index < -0.39 is 29.5 Å². The Kier molecular flexibility index (Phi) is 7.80. The SMILES string of the molecule is CC(C)(C)c1cccc(-c2cccc3c2C=C2[SiH2]C4=Cc5c(-c6cccc(C(C)(C)C)c6)cccc5[CH]4[Hf]([CH3])([CH3])[CH2]CCC23)c1. The molecule has 230 valence electrons. The number of benzene rings is 4. The van der Waals surface area contributed by atoms with Gasteiger partial charge in [-0.2, -0.15) is 0 Å². The van der Waals surface area contributed by atoms with E-state index in [0.29, 0.717) is 5.92 Å². The molecular formula is C43H50HfSi. The summed E-state index contributed by atoms with van der Waals surface area (Å²) in [5.74, 6) is 0.605. The molecule has 2 atom stereocenters. The van der Waals surface area contributed by atoms with Gasteiger partial charge >= 0.3 is 281 Å². The van der Waals surface area contributed by atoms with Crippen molar-refractivity contribution in [1.29, 1.82) is 0 Å². The monoisotopic (exact) mass is 774 g/mol. The van der Waals surface area contributed by atoms with E-state index in [1.165, 1.54) is 61.5 Å². The molecule has 4 aromatic carbocycles. The Labute approximate surface area is 279 Å². The summed E-state index contributed by atoms with van der Waals surface area (Å²) in [6.45, 7) is 13.9. The van der Waals surface area contributed by atoms with Crippen LogP contribution in [0.2, 0.25) is 13.5 Å². The minimum absolute atomic E-state index is 0.145. The Hall–Kier alpha value is -2.55. The van der Waals surface area contributed by atoms with E-state index in [-0.39, 0.29) is 10.8 Å². The zero-order valence-electron chi connectivity index (χ0n) is 28.7. The van der Waals surface area contributed by atoms with Crippen molar-refractivity contribution in [3.05, 3.63) is 129 Å². The Morgan fingerprint density at radius 3 is 1.71 bits per heavy atom. The molecule has 1 fully saturated rings. The fraction of sp³-hybridized carbons (Fsp3) is 0.349. The molecule has 7 rings (SSSR count). The topological polar surface area (TPSA) is 0 Å². The fourth-order valence-corrected chi connectivity index (χ4v) is 29.2. The van der Waals surface area contributed by atoms with Gasteiger partial charge in [-0.15, -0.1) is 0 Å². The molecule has 0 nitrogen and oxygen atoms in total. The van der Waals surface area contributed by atoms with Crippen LogP contribution in [0, 0.1) is 0 Å². The number of hydrogen-bond acceptors (Lipinski definition) is 0. The van der Waals surface area contributed by atoms with Crippen LogP contribution in [0.4, 0.5) is 0 Å². The summed E-state index contributed by atoms with van der Waals surface area (Å²) >= 11 is -2.61. The summed E-state index contributed by atoms with van der Waals surface area (Å²) in [5, 5.41) is 3.63. The van der Waals surface area contributed by atoms with Crippen molar-refractivity contribution in [3.8, 4) is 22.3 Å². The molecule has 0 aromatic heterocycles. The van der Waals surface area contributed by atoms with Crippen molar-refractivity contribution >= 4 is 21.7 Å². The van der Waals surface area contributed by atoms with Crippen molar-refractivity contribution in [2.24, 2.45) is 0 Å². The average Bonchev–Trinajstić information content (AvgIpc) is 3.55. The van der Waals surface area contributed by atoms with E-state index in [0.717, 1.165) is 3.67 Å². The maximum absolute atomic E-state index is 2.77.